The van der Waals surface area contributed by atoms with Crippen LogP contribution in [0.3, 0.4) is 0 Å². The van der Waals surface area contributed by atoms with Gasteiger partial charge in [-0.3, -0.25) is 4.79 Å². The van der Waals surface area contributed by atoms with E-state index in [1.807, 2.05) is 6.07 Å². The van der Waals surface area contributed by atoms with Gasteiger partial charge in [-0.05, 0) is 13.0 Å². The average Bonchev–Trinajstić information content (AvgIpc) is 2.48. The van der Waals surface area contributed by atoms with Crippen LogP contribution in [-0.4, -0.2) is 18.4 Å². The number of carbonyl (C=O) groups is 2. The van der Waals surface area contributed by atoms with E-state index in [1.54, 1.807) is 37.3 Å². The van der Waals surface area contributed by atoms with Crippen LogP contribution in [0.5, 0.6) is 0 Å². The van der Waals surface area contributed by atoms with Crippen molar-refractivity contribution in [3.05, 3.63) is 59.6 Å². The second-order valence-electron chi connectivity index (χ2n) is 3.95. The van der Waals surface area contributed by atoms with Gasteiger partial charge in [-0.25, -0.2) is 4.79 Å². The maximum atomic E-state index is 12.1. The van der Waals surface area contributed by atoms with Crippen LogP contribution in [0.2, 0.25) is 0 Å². The monoisotopic (exact) mass is 258 g/mol. The smallest absolute Gasteiger partial charge is 0.373 e. The fourth-order valence-electron chi connectivity index (χ4n) is 1.69. The molecule has 0 spiro atoms. The van der Waals surface area contributed by atoms with Crippen LogP contribution in [0.25, 0.3) is 0 Å². The number of ketones is 1. The van der Waals surface area contributed by atoms with Gasteiger partial charge in [0.25, 0.3) is 0 Å². The second-order valence-corrected chi connectivity index (χ2v) is 3.95. The SMILES string of the molecule is CCOC(=O)C1=CCC(C(=O)c2ccccc2)=CO1. The molecule has 0 amide bonds. The molecule has 1 aromatic rings. The minimum atomic E-state index is -0.509. The van der Waals surface area contributed by atoms with Crippen molar-refractivity contribution < 1.29 is 19.1 Å². The Morgan fingerprint density at radius 1 is 1.26 bits per heavy atom. The second kappa shape index (κ2) is 6.00. The summed E-state index contributed by atoms with van der Waals surface area (Å²) in [4.78, 5) is 23.5. The number of rotatable bonds is 4. The summed E-state index contributed by atoms with van der Waals surface area (Å²) >= 11 is 0. The highest BCUT2D eigenvalue weighted by molar-refractivity contribution is 6.09. The summed E-state index contributed by atoms with van der Waals surface area (Å²) in [6, 6.07) is 8.94. The lowest BCUT2D eigenvalue weighted by Crippen LogP contribution is -2.13. The Bertz CT molecular complexity index is 541. The first-order chi connectivity index (χ1) is 9.22. The van der Waals surface area contributed by atoms with E-state index >= 15 is 0 Å². The molecular formula is C15H14O4. The Labute approximate surface area is 111 Å². The molecule has 0 saturated heterocycles. The molecule has 1 aromatic carbocycles. The van der Waals surface area contributed by atoms with Gasteiger partial charge < -0.3 is 9.47 Å². The number of hydrogen-bond donors (Lipinski definition) is 0. The van der Waals surface area contributed by atoms with Gasteiger partial charge in [0.1, 0.15) is 0 Å². The largest absolute Gasteiger partial charge is 0.460 e. The minimum Gasteiger partial charge on any atom is -0.460 e. The van der Waals surface area contributed by atoms with Crippen LogP contribution in [0.1, 0.15) is 23.7 Å². The van der Waals surface area contributed by atoms with Gasteiger partial charge in [0.2, 0.25) is 5.76 Å². The standard InChI is InChI=1S/C15H14O4/c1-2-18-15(17)13-9-8-12(10-19-13)14(16)11-6-4-3-5-7-11/h3-7,9-10H,2,8H2,1H3. The maximum Gasteiger partial charge on any atom is 0.373 e. The zero-order valence-corrected chi connectivity index (χ0v) is 10.6. The van der Waals surface area contributed by atoms with Gasteiger partial charge in [0.15, 0.2) is 5.78 Å². The van der Waals surface area contributed by atoms with Crippen LogP contribution in [0, 0.1) is 0 Å². The predicted molar refractivity (Wildman–Crippen MR) is 69.3 cm³/mol. The molecule has 2 rings (SSSR count). The molecule has 1 aliphatic rings. The van der Waals surface area contributed by atoms with Crippen molar-refractivity contribution in [2.75, 3.05) is 6.61 Å². The molecule has 4 heteroatoms. The number of allylic oxidation sites excluding steroid dienone is 2. The van der Waals surface area contributed by atoms with E-state index in [2.05, 4.69) is 0 Å². The summed E-state index contributed by atoms with van der Waals surface area (Å²) in [7, 11) is 0. The molecule has 0 aliphatic carbocycles. The summed E-state index contributed by atoms with van der Waals surface area (Å²) in [5.41, 5.74) is 1.12. The van der Waals surface area contributed by atoms with Crippen molar-refractivity contribution in [2.24, 2.45) is 0 Å². The lowest BCUT2D eigenvalue weighted by molar-refractivity contribution is -0.141. The number of esters is 1. The van der Waals surface area contributed by atoms with E-state index in [-0.39, 0.29) is 11.5 Å². The lowest BCUT2D eigenvalue weighted by atomic mass is 10.0. The summed E-state index contributed by atoms with van der Waals surface area (Å²) in [5, 5.41) is 0. The third-order valence-corrected chi connectivity index (χ3v) is 2.64. The van der Waals surface area contributed by atoms with Crippen molar-refractivity contribution in [3.63, 3.8) is 0 Å². The van der Waals surface area contributed by atoms with E-state index < -0.39 is 5.97 Å². The van der Waals surface area contributed by atoms with Crippen LogP contribution in [-0.2, 0) is 14.3 Å². The number of Topliss-reactive ketones (excluding diaryl/α,β-unsaturated/α-hetero) is 1. The molecule has 0 saturated carbocycles. The lowest BCUT2D eigenvalue weighted by Gasteiger charge is -2.13. The van der Waals surface area contributed by atoms with Gasteiger partial charge in [-0.15, -0.1) is 0 Å². The molecule has 0 bridgehead atoms. The van der Waals surface area contributed by atoms with Crippen molar-refractivity contribution >= 4 is 11.8 Å². The first kappa shape index (κ1) is 13.1. The van der Waals surface area contributed by atoms with Gasteiger partial charge in [-0.1, -0.05) is 30.3 Å². The predicted octanol–water partition coefficient (Wildman–Crippen LogP) is 2.62. The van der Waals surface area contributed by atoms with Crippen LogP contribution in [0.15, 0.2) is 54.0 Å². The highest BCUT2D eigenvalue weighted by Crippen LogP contribution is 2.19. The number of ether oxygens (including phenoxy) is 2. The molecule has 0 fully saturated rings. The van der Waals surface area contributed by atoms with Crippen molar-refractivity contribution in [2.45, 2.75) is 13.3 Å². The van der Waals surface area contributed by atoms with Gasteiger partial charge in [0.05, 0.1) is 12.9 Å². The maximum absolute atomic E-state index is 12.1. The number of hydrogen-bond acceptors (Lipinski definition) is 4. The average molecular weight is 258 g/mol. The van der Waals surface area contributed by atoms with E-state index in [4.69, 9.17) is 9.47 Å². The fraction of sp³-hybridized carbons (Fsp3) is 0.200. The quantitative estimate of drug-likeness (QED) is 0.615. The topological polar surface area (TPSA) is 52.6 Å². The summed E-state index contributed by atoms with van der Waals surface area (Å²) in [5.74, 6) is -0.476. The summed E-state index contributed by atoms with van der Waals surface area (Å²) in [6.07, 6.45) is 3.25. The summed E-state index contributed by atoms with van der Waals surface area (Å²) in [6.45, 7) is 2.01. The highest BCUT2D eigenvalue weighted by atomic mass is 16.6. The third-order valence-electron chi connectivity index (χ3n) is 2.64. The Balaban J connectivity index is 2.03. The van der Waals surface area contributed by atoms with Crippen molar-refractivity contribution in [1.29, 1.82) is 0 Å². The van der Waals surface area contributed by atoms with Crippen LogP contribution in [0.4, 0.5) is 0 Å². The van der Waals surface area contributed by atoms with Crippen LogP contribution >= 0.6 is 0 Å². The molecule has 4 nitrogen and oxygen atoms in total. The fourth-order valence-corrected chi connectivity index (χ4v) is 1.69. The van der Waals surface area contributed by atoms with Crippen molar-refractivity contribution in [1.82, 2.24) is 0 Å². The Hall–Kier alpha value is -2.36. The van der Waals surface area contributed by atoms with Gasteiger partial charge in [-0.2, -0.15) is 0 Å². The number of benzene rings is 1. The van der Waals surface area contributed by atoms with Crippen molar-refractivity contribution in [3.8, 4) is 0 Å². The first-order valence-corrected chi connectivity index (χ1v) is 6.05. The molecule has 0 aromatic heterocycles. The van der Waals surface area contributed by atoms with E-state index in [9.17, 15) is 9.59 Å². The minimum absolute atomic E-state index is 0.0974. The van der Waals surface area contributed by atoms with Gasteiger partial charge in [0, 0.05) is 17.6 Å². The Morgan fingerprint density at radius 2 is 2.00 bits per heavy atom. The van der Waals surface area contributed by atoms with Gasteiger partial charge >= 0.3 is 5.97 Å². The van der Waals surface area contributed by atoms with E-state index in [0.717, 1.165) is 0 Å². The molecule has 0 radical (unpaired) electrons. The zero-order valence-electron chi connectivity index (χ0n) is 10.6. The van der Waals surface area contributed by atoms with Crippen LogP contribution < -0.4 is 0 Å². The molecule has 1 aliphatic heterocycles. The molecule has 19 heavy (non-hydrogen) atoms. The number of carbonyl (C=O) groups excluding carboxylic acids is 2. The Morgan fingerprint density at radius 3 is 2.58 bits per heavy atom. The zero-order chi connectivity index (χ0) is 13.7. The molecular weight excluding hydrogens is 244 g/mol. The highest BCUT2D eigenvalue weighted by Gasteiger charge is 2.19. The molecule has 1 heterocycles. The Kier molecular flexibility index (Phi) is 4.13. The molecule has 0 atom stereocenters. The summed E-state index contributed by atoms with van der Waals surface area (Å²) < 4.78 is 9.97. The molecule has 98 valence electrons. The van der Waals surface area contributed by atoms with E-state index in [0.29, 0.717) is 24.2 Å². The normalized spacial score (nSPS) is 13.9. The van der Waals surface area contributed by atoms with E-state index in [1.165, 1.54) is 6.26 Å². The first-order valence-electron chi connectivity index (χ1n) is 6.05. The molecule has 0 N–H and O–H groups in total. The molecule has 0 unspecified atom stereocenters. The third kappa shape index (κ3) is 3.10.